The minimum atomic E-state index is -3.90. The van der Waals surface area contributed by atoms with E-state index in [9.17, 15) is 22.7 Å². The van der Waals surface area contributed by atoms with Crippen LogP contribution >= 0.6 is 0 Å². The van der Waals surface area contributed by atoms with Gasteiger partial charge in [0, 0.05) is 16.6 Å². The molecule has 0 saturated carbocycles. The van der Waals surface area contributed by atoms with Crippen molar-refractivity contribution >= 4 is 26.9 Å². The summed E-state index contributed by atoms with van der Waals surface area (Å²) in [6.07, 6.45) is 2.08. The molecule has 1 aliphatic carbocycles. The summed E-state index contributed by atoms with van der Waals surface area (Å²) in [5.41, 5.74) is 2.45. The van der Waals surface area contributed by atoms with Crippen LogP contribution in [-0.4, -0.2) is 24.1 Å². The van der Waals surface area contributed by atoms with Gasteiger partial charge in [0.05, 0.1) is 10.9 Å². The molecular weight excluding hydrogens is 395 g/mol. The molecule has 1 aliphatic rings. The zero-order valence-electron chi connectivity index (χ0n) is 15.8. The van der Waals surface area contributed by atoms with Crippen molar-refractivity contribution in [2.75, 3.05) is 0 Å². The van der Waals surface area contributed by atoms with E-state index in [4.69, 9.17) is 0 Å². The highest BCUT2D eigenvalue weighted by Gasteiger charge is 2.33. The number of hydrogen-bond donors (Lipinski definition) is 2. The summed E-state index contributed by atoms with van der Waals surface area (Å²) in [6, 6.07) is 10.8. The van der Waals surface area contributed by atoms with Gasteiger partial charge in [0.2, 0.25) is 10.0 Å². The number of nitrogens with zero attached hydrogens (tertiary/aromatic N) is 1. The van der Waals surface area contributed by atoms with Crippen LogP contribution in [0.25, 0.3) is 10.9 Å². The molecule has 6 nitrogen and oxygen atoms in total. The fourth-order valence-corrected chi connectivity index (χ4v) is 5.36. The number of hydrogen-bond acceptors (Lipinski definition) is 3. The summed E-state index contributed by atoms with van der Waals surface area (Å²) < 4.78 is 43.4. The summed E-state index contributed by atoms with van der Waals surface area (Å²) in [6.45, 7) is 1.59. The van der Waals surface area contributed by atoms with E-state index < -0.39 is 33.9 Å². The molecule has 0 aliphatic heterocycles. The Morgan fingerprint density at radius 2 is 1.90 bits per heavy atom. The summed E-state index contributed by atoms with van der Waals surface area (Å²) in [5, 5.41) is 10.6. The molecule has 4 rings (SSSR count). The highest BCUT2D eigenvalue weighted by Crippen LogP contribution is 2.40. The Labute approximate surface area is 168 Å². The Morgan fingerprint density at radius 3 is 2.59 bits per heavy atom. The van der Waals surface area contributed by atoms with E-state index in [1.54, 1.807) is 11.5 Å². The number of fused-ring (bicyclic) bond motifs is 3. The van der Waals surface area contributed by atoms with Gasteiger partial charge in [0.1, 0.15) is 11.9 Å². The molecule has 0 spiro atoms. The smallest absolute Gasteiger partial charge is 0.326 e. The van der Waals surface area contributed by atoms with Crippen molar-refractivity contribution in [1.29, 1.82) is 0 Å². The van der Waals surface area contributed by atoms with Crippen LogP contribution in [0.1, 0.15) is 43.1 Å². The molecule has 0 unspecified atom stereocenters. The maximum Gasteiger partial charge on any atom is 0.326 e. The molecule has 0 radical (unpaired) electrons. The molecule has 29 heavy (non-hydrogen) atoms. The van der Waals surface area contributed by atoms with Gasteiger partial charge in [0.25, 0.3) is 0 Å². The van der Waals surface area contributed by atoms with Gasteiger partial charge in [-0.3, -0.25) is 0 Å². The molecule has 2 atom stereocenters. The van der Waals surface area contributed by atoms with Gasteiger partial charge >= 0.3 is 5.97 Å². The monoisotopic (exact) mass is 416 g/mol. The summed E-state index contributed by atoms with van der Waals surface area (Å²) >= 11 is 0. The zero-order chi connectivity index (χ0) is 20.8. The first kappa shape index (κ1) is 19.6. The number of benzene rings is 2. The van der Waals surface area contributed by atoms with Crippen molar-refractivity contribution in [2.24, 2.45) is 0 Å². The van der Waals surface area contributed by atoms with Crippen molar-refractivity contribution in [1.82, 2.24) is 9.29 Å². The largest absolute Gasteiger partial charge is 0.480 e. The van der Waals surface area contributed by atoms with Crippen molar-refractivity contribution in [2.45, 2.75) is 43.2 Å². The lowest BCUT2D eigenvalue weighted by molar-refractivity contribution is -0.140. The minimum Gasteiger partial charge on any atom is -0.480 e. The van der Waals surface area contributed by atoms with E-state index in [0.29, 0.717) is 12.1 Å². The van der Waals surface area contributed by atoms with Crippen molar-refractivity contribution < 1.29 is 22.7 Å². The molecular formula is C21H21FN2O4S. The van der Waals surface area contributed by atoms with Crippen LogP contribution in [0.3, 0.4) is 0 Å². The Balaban J connectivity index is 1.84. The Hall–Kier alpha value is -2.71. The van der Waals surface area contributed by atoms with E-state index in [0.717, 1.165) is 41.4 Å². The molecule has 2 aromatic carbocycles. The Morgan fingerprint density at radius 1 is 1.21 bits per heavy atom. The molecule has 3 aromatic rings. The van der Waals surface area contributed by atoms with Crippen LogP contribution in [-0.2, 0) is 21.2 Å². The van der Waals surface area contributed by atoms with Gasteiger partial charge in [-0.2, -0.15) is 0 Å². The number of halogens is 1. The van der Waals surface area contributed by atoms with Crippen molar-refractivity contribution in [3.05, 3.63) is 65.6 Å². The first-order valence-corrected chi connectivity index (χ1v) is 10.9. The second-order valence-corrected chi connectivity index (χ2v) is 9.00. The fourth-order valence-electron chi connectivity index (χ4n) is 4.12. The molecule has 152 valence electrons. The molecule has 1 aromatic heterocycles. The number of rotatable bonds is 5. The third kappa shape index (κ3) is 3.42. The lowest BCUT2D eigenvalue weighted by Gasteiger charge is -2.27. The molecule has 2 N–H and O–H groups in total. The van der Waals surface area contributed by atoms with Crippen LogP contribution in [0.4, 0.5) is 4.39 Å². The summed E-state index contributed by atoms with van der Waals surface area (Å²) in [5.74, 6) is -1.50. The first-order chi connectivity index (χ1) is 13.8. The topological polar surface area (TPSA) is 88.4 Å². The average molecular weight is 416 g/mol. The molecule has 1 heterocycles. The molecule has 0 bridgehead atoms. The van der Waals surface area contributed by atoms with Crippen LogP contribution in [0.15, 0.2) is 53.4 Å². The molecule has 0 fully saturated rings. The molecule has 0 amide bonds. The number of sulfonamides is 1. The second kappa shape index (κ2) is 7.27. The number of carbonyl (C=O) groups is 1. The first-order valence-electron chi connectivity index (χ1n) is 9.42. The lowest BCUT2D eigenvalue weighted by atomic mass is 9.92. The van der Waals surface area contributed by atoms with Gasteiger partial charge < -0.3 is 9.67 Å². The SMILES string of the molecule is C[C@H](C(=O)O)n1c2c(c3ccccc31)CCC[C@@H]2NS(=O)(=O)c1ccc(F)cc1. The number of para-hydroxylation sites is 1. The molecule has 0 saturated heterocycles. The lowest BCUT2D eigenvalue weighted by Crippen LogP contribution is -2.33. The van der Waals surface area contributed by atoms with Crippen LogP contribution < -0.4 is 4.72 Å². The third-order valence-corrected chi connectivity index (χ3v) is 6.96. The third-order valence-electron chi connectivity index (χ3n) is 5.47. The normalized spacial score (nSPS) is 17.8. The van der Waals surface area contributed by atoms with Crippen LogP contribution in [0.5, 0.6) is 0 Å². The predicted octanol–water partition coefficient (Wildman–Crippen LogP) is 3.78. The minimum absolute atomic E-state index is 0.0278. The predicted molar refractivity (Wildman–Crippen MR) is 107 cm³/mol. The number of aliphatic carboxylic acids is 1. The van der Waals surface area contributed by atoms with E-state index in [-0.39, 0.29) is 4.90 Å². The van der Waals surface area contributed by atoms with E-state index >= 15 is 0 Å². The van der Waals surface area contributed by atoms with Crippen LogP contribution in [0, 0.1) is 5.82 Å². The standard InChI is InChI=1S/C21H21FN2O4S/c1-13(21(25)26)24-19-8-3-2-5-16(19)17-6-4-7-18(20(17)24)23-29(27,28)15-11-9-14(22)10-12-15/h2-3,5,8-13,18,23H,4,6-7H2,1H3,(H,25,26)/t13-,18+/m1/s1. The van der Waals surface area contributed by atoms with Gasteiger partial charge in [-0.05, 0) is 62.1 Å². The van der Waals surface area contributed by atoms with E-state index in [2.05, 4.69) is 4.72 Å². The summed E-state index contributed by atoms with van der Waals surface area (Å²) in [4.78, 5) is 11.7. The van der Waals surface area contributed by atoms with Crippen LogP contribution in [0.2, 0.25) is 0 Å². The number of nitrogens with one attached hydrogen (secondary N) is 1. The maximum atomic E-state index is 13.2. The highest BCUT2D eigenvalue weighted by atomic mass is 32.2. The highest BCUT2D eigenvalue weighted by molar-refractivity contribution is 7.89. The van der Waals surface area contributed by atoms with Gasteiger partial charge in [-0.15, -0.1) is 0 Å². The van der Waals surface area contributed by atoms with E-state index in [1.165, 1.54) is 12.1 Å². The van der Waals surface area contributed by atoms with Gasteiger partial charge in [-0.25, -0.2) is 22.3 Å². The quantitative estimate of drug-likeness (QED) is 0.663. The molecule has 8 heteroatoms. The van der Waals surface area contributed by atoms with Crippen molar-refractivity contribution in [3.63, 3.8) is 0 Å². The second-order valence-electron chi connectivity index (χ2n) is 7.29. The maximum absolute atomic E-state index is 13.2. The van der Waals surface area contributed by atoms with E-state index in [1.807, 2.05) is 24.3 Å². The zero-order valence-corrected chi connectivity index (χ0v) is 16.6. The number of aryl methyl sites for hydroxylation is 1. The Bertz CT molecular complexity index is 1190. The van der Waals surface area contributed by atoms with Gasteiger partial charge in [0.15, 0.2) is 0 Å². The van der Waals surface area contributed by atoms with Crippen molar-refractivity contribution in [3.8, 4) is 0 Å². The fraction of sp³-hybridized carbons (Fsp3) is 0.286. The van der Waals surface area contributed by atoms with Gasteiger partial charge in [-0.1, -0.05) is 18.2 Å². The number of aromatic nitrogens is 1. The summed E-state index contributed by atoms with van der Waals surface area (Å²) in [7, 11) is -3.90. The number of carboxylic acid groups (broad SMARTS) is 1. The Kier molecular flexibility index (Phi) is 4.92. The number of carboxylic acids is 1. The average Bonchev–Trinajstić information content (AvgIpc) is 3.03.